The van der Waals surface area contributed by atoms with Crippen LogP contribution in [-0.4, -0.2) is 12.3 Å². The molecule has 0 aromatic heterocycles. The van der Waals surface area contributed by atoms with Crippen LogP contribution in [0.15, 0.2) is 42.5 Å². The first-order chi connectivity index (χ1) is 10.3. The van der Waals surface area contributed by atoms with Gasteiger partial charge in [0.15, 0.2) is 11.5 Å². The van der Waals surface area contributed by atoms with Crippen LogP contribution in [0.3, 0.4) is 0 Å². The van der Waals surface area contributed by atoms with E-state index >= 15 is 0 Å². The van der Waals surface area contributed by atoms with Gasteiger partial charge in [-0.25, -0.2) is 0 Å². The first kappa shape index (κ1) is 15.7. The van der Waals surface area contributed by atoms with Gasteiger partial charge in [-0.2, -0.15) is 0 Å². The molecule has 7 heteroatoms. The van der Waals surface area contributed by atoms with Crippen molar-refractivity contribution in [1.82, 2.24) is 0 Å². The number of halogens is 3. The molecule has 0 spiro atoms. The second kappa shape index (κ2) is 5.97. The fourth-order valence-corrected chi connectivity index (χ4v) is 1.85. The molecule has 22 heavy (non-hydrogen) atoms. The topological polar surface area (TPSA) is 61.6 Å². The molecule has 2 aromatic rings. The standard InChI is InChI=1S/C15H12F3NO3/c1-9-10(14(19)20)5-4-8-11(9)21-12-6-2-3-7-13(12)22-15(16,17)18/h2-8H,1H3,(H2,19,20). The first-order valence-electron chi connectivity index (χ1n) is 6.20. The lowest BCUT2D eigenvalue weighted by Gasteiger charge is -2.15. The fraction of sp³-hybridized carbons (Fsp3) is 0.133. The van der Waals surface area contributed by atoms with Gasteiger partial charge >= 0.3 is 6.36 Å². The van der Waals surface area contributed by atoms with Crippen LogP contribution in [0.2, 0.25) is 0 Å². The van der Waals surface area contributed by atoms with E-state index in [1.165, 1.54) is 36.4 Å². The summed E-state index contributed by atoms with van der Waals surface area (Å²) in [5, 5.41) is 0. The second-order valence-corrected chi connectivity index (χ2v) is 4.39. The van der Waals surface area contributed by atoms with Gasteiger partial charge in [-0.15, -0.1) is 13.2 Å². The van der Waals surface area contributed by atoms with Crippen LogP contribution in [0.5, 0.6) is 17.2 Å². The van der Waals surface area contributed by atoms with Crippen LogP contribution in [0, 0.1) is 6.92 Å². The molecule has 0 aliphatic rings. The predicted octanol–water partition coefficient (Wildman–Crippen LogP) is 3.78. The van der Waals surface area contributed by atoms with Crippen molar-refractivity contribution in [3.05, 3.63) is 53.6 Å². The van der Waals surface area contributed by atoms with E-state index in [4.69, 9.17) is 10.5 Å². The van der Waals surface area contributed by atoms with Crippen molar-refractivity contribution in [1.29, 1.82) is 0 Å². The molecule has 0 bridgehead atoms. The number of primary amides is 1. The summed E-state index contributed by atoms with van der Waals surface area (Å²) in [5.41, 5.74) is 5.88. The van der Waals surface area contributed by atoms with Crippen LogP contribution >= 0.6 is 0 Å². The van der Waals surface area contributed by atoms with E-state index in [2.05, 4.69) is 4.74 Å². The van der Waals surface area contributed by atoms with E-state index in [9.17, 15) is 18.0 Å². The van der Waals surface area contributed by atoms with Crippen molar-refractivity contribution < 1.29 is 27.4 Å². The molecular formula is C15H12F3NO3. The van der Waals surface area contributed by atoms with Gasteiger partial charge in [-0.05, 0) is 31.2 Å². The third kappa shape index (κ3) is 3.69. The lowest BCUT2D eigenvalue weighted by atomic mass is 10.1. The Morgan fingerprint density at radius 3 is 2.18 bits per heavy atom. The summed E-state index contributed by atoms with van der Waals surface area (Å²) in [6, 6.07) is 9.91. The van der Waals surface area contributed by atoms with Gasteiger partial charge in [0, 0.05) is 11.1 Å². The number of alkyl halides is 3. The molecule has 1 amide bonds. The van der Waals surface area contributed by atoms with E-state index < -0.39 is 18.0 Å². The molecule has 0 radical (unpaired) electrons. The Labute approximate surface area is 124 Å². The van der Waals surface area contributed by atoms with E-state index in [-0.39, 0.29) is 17.1 Å². The Bertz CT molecular complexity index is 699. The Morgan fingerprint density at radius 1 is 1.00 bits per heavy atom. The highest BCUT2D eigenvalue weighted by atomic mass is 19.4. The zero-order valence-electron chi connectivity index (χ0n) is 11.5. The number of ether oxygens (including phenoxy) is 2. The highest BCUT2D eigenvalue weighted by Crippen LogP contribution is 2.36. The van der Waals surface area contributed by atoms with Crippen molar-refractivity contribution >= 4 is 5.91 Å². The van der Waals surface area contributed by atoms with Gasteiger partial charge in [0.25, 0.3) is 0 Å². The van der Waals surface area contributed by atoms with Gasteiger partial charge < -0.3 is 15.2 Å². The Balaban J connectivity index is 2.36. The number of carbonyl (C=O) groups excluding carboxylic acids is 1. The average Bonchev–Trinajstić information content (AvgIpc) is 2.41. The van der Waals surface area contributed by atoms with Crippen molar-refractivity contribution in [2.24, 2.45) is 5.73 Å². The van der Waals surface area contributed by atoms with E-state index in [1.54, 1.807) is 6.92 Å². The molecule has 0 saturated heterocycles. The lowest BCUT2D eigenvalue weighted by molar-refractivity contribution is -0.275. The van der Waals surface area contributed by atoms with Gasteiger partial charge in [-0.1, -0.05) is 18.2 Å². The van der Waals surface area contributed by atoms with E-state index in [1.807, 2.05) is 0 Å². The summed E-state index contributed by atoms with van der Waals surface area (Å²) < 4.78 is 46.5. The Kier molecular flexibility index (Phi) is 4.25. The smallest absolute Gasteiger partial charge is 0.453 e. The molecule has 0 aliphatic carbocycles. The third-order valence-electron chi connectivity index (χ3n) is 2.84. The van der Waals surface area contributed by atoms with Gasteiger partial charge in [0.2, 0.25) is 5.91 Å². The minimum absolute atomic E-state index is 0.121. The summed E-state index contributed by atoms with van der Waals surface area (Å²) in [6.07, 6.45) is -4.83. The fourth-order valence-electron chi connectivity index (χ4n) is 1.85. The van der Waals surface area contributed by atoms with Gasteiger partial charge in [0.05, 0.1) is 0 Å². The number of amides is 1. The summed E-state index contributed by atoms with van der Waals surface area (Å²) in [7, 11) is 0. The molecule has 0 aliphatic heterocycles. The van der Waals surface area contributed by atoms with Crippen LogP contribution < -0.4 is 15.2 Å². The number of nitrogens with two attached hydrogens (primary N) is 1. The number of carbonyl (C=O) groups is 1. The van der Waals surface area contributed by atoms with Crippen molar-refractivity contribution in [2.75, 3.05) is 0 Å². The zero-order valence-corrected chi connectivity index (χ0v) is 11.5. The van der Waals surface area contributed by atoms with E-state index in [0.717, 1.165) is 6.07 Å². The second-order valence-electron chi connectivity index (χ2n) is 4.39. The molecule has 4 nitrogen and oxygen atoms in total. The maximum atomic E-state index is 12.4. The Hall–Kier alpha value is -2.70. The van der Waals surface area contributed by atoms with Gasteiger partial charge in [0.1, 0.15) is 5.75 Å². The lowest BCUT2D eigenvalue weighted by Crippen LogP contribution is -2.17. The summed E-state index contributed by atoms with van der Waals surface area (Å²) in [6.45, 7) is 1.59. The number of hydrogen-bond acceptors (Lipinski definition) is 3. The van der Waals surface area contributed by atoms with Crippen molar-refractivity contribution in [3.63, 3.8) is 0 Å². The summed E-state index contributed by atoms with van der Waals surface area (Å²) >= 11 is 0. The van der Waals surface area contributed by atoms with E-state index in [0.29, 0.717) is 5.56 Å². The monoisotopic (exact) mass is 311 g/mol. The maximum absolute atomic E-state index is 12.4. The minimum atomic E-state index is -4.83. The SMILES string of the molecule is Cc1c(Oc2ccccc2OC(F)(F)F)cccc1C(N)=O. The van der Waals surface area contributed by atoms with Gasteiger partial charge in [-0.3, -0.25) is 4.79 Å². The zero-order chi connectivity index (χ0) is 16.3. The molecule has 2 aromatic carbocycles. The minimum Gasteiger partial charge on any atom is -0.453 e. The number of benzene rings is 2. The molecule has 2 rings (SSSR count). The van der Waals surface area contributed by atoms with Crippen LogP contribution in [-0.2, 0) is 0 Å². The largest absolute Gasteiger partial charge is 0.573 e. The third-order valence-corrected chi connectivity index (χ3v) is 2.84. The molecular weight excluding hydrogens is 299 g/mol. The maximum Gasteiger partial charge on any atom is 0.573 e. The highest BCUT2D eigenvalue weighted by Gasteiger charge is 2.32. The van der Waals surface area contributed by atoms with Crippen LogP contribution in [0.1, 0.15) is 15.9 Å². The molecule has 116 valence electrons. The van der Waals surface area contributed by atoms with Crippen molar-refractivity contribution in [3.8, 4) is 17.2 Å². The van der Waals surface area contributed by atoms with Crippen molar-refractivity contribution in [2.45, 2.75) is 13.3 Å². The molecule has 0 fully saturated rings. The molecule has 0 unspecified atom stereocenters. The first-order valence-corrected chi connectivity index (χ1v) is 6.20. The predicted molar refractivity (Wildman–Crippen MR) is 72.9 cm³/mol. The highest BCUT2D eigenvalue weighted by molar-refractivity contribution is 5.94. The molecule has 0 heterocycles. The normalized spacial score (nSPS) is 11.1. The summed E-state index contributed by atoms with van der Waals surface area (Å²) in [5.74, 6) is -1.03. The van der Waals surface area contributed by atoms with Crippen LogP contribution in [0.4, 0.5) is 13.2 Å². The number of para-hydroxylation sites is 2. The molecule has 0 saturated carbocycles. The Morgan fingerprint density at radius 2 is 1.59 bits per heavy atom. The number of rotatable bonds is 4. The molecule has 2 N–H and O–H groups in total. The summed E-state index contributed by atoms with van der Waals surface area (Å²) in [4.78, 5) is 11.3. The van der Waals surface area contributed by atoms with Crippen LogP contribution in [0.25, 0.3) is 0 Å². The quantitative estimate of drug-likeness (QED) is 0.934. The number of hydrogen-bond donors (Lipinski definition) is 1. The molecule has 0 atom stereocenters. The average molecular weight is 311 g/mol.